The molecular weight excluding hydrogens is 318 g/mol. The van der Waals surface area contributed by atoms with Gasteiger partial charge in [-0.25, -0.2) is 9.97 Å². The number of carbonyl (C=O) groups is 1. The van der Waals surface area contributed by atoms with Gasteiger partial charge in [-0.05, 0) is 17.5 Å². The number of ether oxygens (including phenoxy) is 1. The van der Waals surface area contributed by atoms with Crippen molar-refractivity contribution in [3.8, 4) is 11.5 Å². The molecule has 0 bridgehead atoms. The highest BCUT2D eigenvalue weighted by molar-refractivity contribution is 7.08. The van der Waals surface area contributed by atoms with Gasteiger partial charge in [-0.3, -0.25) is 4.79 Å². The zero-order valence-electron chi connectivity index (χ0n) is 12.0. The van der Waals surface area contributed by atoms with E-state index in [0.717, 1.165) is 5.56 Å². The van der Waals surface area contributed by atoms with Gasteiger partial charge in [0.2, 0.25) is 11.8 Å². The van der Waals surface area contributed by atoms with Crippen molar-refractivity contribution < 1.29 is 14.1 Å². The minimum absolute atomic E-state index is 0.0195. The first kappa shape index (κ1) is 15.1. The number of hydrogen-bond acceptors (Lipinski definition) is 9. The Kier molecular flexibility index (Phi) is 4.89. The summed E-state index contributed by atoms with van der Waals surface area (Å²) >= 11 is 1.54. The van der Waals surface area contributed by atoms with Crippen molar-refractivity contribution in [3.63, 3.8) is 0 Å². The number of nitrogens with one attached hydrogen (secondary N) is 1. The maximum Gasteiger partial charge on any atom is 0.308 e. The molecule has 3 aromatic rings. The summed E-state index contributed by atoms with van der Waals surface area (Å²) < 4.78 is 10.2. The number of anilines is 1. The molecule has 0 saturated carbocycles. The summed E-state index contributed by atoms with van der Waals surface area (Å²) in [6, 6.07) is 3.60. The fourth-order valence-corrected chi connectivity index (χ4v) is 2.33. The summed E-state index contributed by atoms with van der Waals surface area (Å²) in [6.07, 6.45) is 3.43. The molecule has 0 spiro atoms. The average molecular weight is 331 g/mol. The van der Waals surface area contributed by atoms with Gasteiger partial charge in [-0.2, -0.15) is 16.3 Å². The van der Waals surface area contributed by atoms with Crippen LogP contribution in [-0.4, -0.2) is 32.6 Å². The predicted octanol–water partition coefficient (Wildman–Crippen LogP) is 2.13. The number of nitrogens with zero attached hydrogens (tertiary/aromatic N) is 4. The molecule has 23 heavy (non-hydrogen) atoms. The maximum atomic E-state index is 11.7. The largest absolute Gasteiger partial charge is 0.457 e. The van der Waals surface area contributed by atoms with Crippen molar-refractivity contribution in [2.24, 2.45) is 0 Å². The molecule has 0 amide bonds. The van der Waals surface area contributed by atoms with E-state index in [4.69, 9.17) is 9.26 Å². The molecule has 0 aromatic carbocycles. The van der Waals surface area contributed by atoms with E-state index in [1.165, 1.54) is 11.3 Å². The molecule has 0 fully saturated rings. The number of carbonyl (C=O) groups excluding carboxylic acids is 1. The standard InChI is InChI=1S/C14H13N5O3S/c20-12(2-6-17-14-15-4-1-5-16-14)21-8-11-18-13(22-19-11)10-3-7-23-9-10/h1,3-5,7,9H,2,6,8H2,(H,15,16,17). The number of rotatable bonds is 7. The molecule has 3 heterocycles. The van der Waals surface area contributed by atoms with E-state index in [0.29, 0.717) is 24.2 Å². The zero-order chi connectivity index (χ0) is 15.9. The Hall–Kier alpha value is -2.81. The van der Waals surface area contributed by atoms with Gasteiger partial charge in [0.25, 0.3) is 5.89 Å². The van der Waals surface area contributed by atoms with E-state index < -0.39 is 0 Å². The second kappa shape index (κ2) is 7.45. The molecule has 118 valence electrons. The van der Waals surface area contributed by atoms with Crippen molar-refractivity contribution in [1.82, 2.24) is 20.1 Å². The minimum Gasteiger partial charge on any atom is -0.457 e. The van der Waals surface area contributed by atoms with Crippen LogP contribution in [0, 0.1) is 0 Å². The van der Waals surface area contributed by atoms with Gasteiger partial charge >= 0.3 is 5.97 Å². The first-order valence-electron chi connectivity index (χ1n) is 6.83. The molecule has 0 aliphatic carbocycles. The van der Waals surface area contributed by atoms with E-state index in [1.54, 1.807) is 18.5 Å². The summed E-state index contributed by atoms with van der Waals surface area (Å²) in [5.74, 6) is 0.855. The third kappa shape index (κ3) is 4.33. The molecule has 8 nitrogen and oxygen atoms in total. The number of aromatic nitrogens is 4. The fraction of sp³-hybridized carbons (Fsp3) is 0.214. The number of esters is 1. The van der Waals surface area contributed by atoms with Crippen molar-refractivity contribution in [3.05, 3.63) is 41.1 Å². The molecule has 0 aliphatic heterocycles. The van der Waals surface area contributed by atoms with Gasteiger partial charge < -0.3 is 14.6 Å². The van der Waals surface area contributed by atoms with Crippen LogP contribution in [0.1, 0.15) is 12.2 Å². The van der Waals surface area contributed by atoms with E-state index in [9.17, 15) is 4.79 Å². The number of thiophene rings is 1. The molecule has 9 heteroatoms. The first-order chi connectivity index (χ1) is 11.3. The lowest BCUT2D eigenvalue weighted by molar-refractivity contribution is -0.144. The van der Waals surface area contributed by atoms with Crippen molar-refractivity contribution >= 4 is 23.3 Å². The second-order valence-corrected chi connectivity index (χ2v) is 5.22. The maximum absolute atomic E-state index is 11.7. The van der Waals surface area contributed by atoms with Crippen LogP contribution in [0.25, 0.3) is 11.5 Å². The molecule has 0 atom stereocenters. The Morgan fingerprint density at radius 2 is 2.22 bits per heavy atom. The second-order valence-electron chi connectivity index (χ2n) is 4.44. The molecular formula is C14H13N5O3S. The van der Waals surface area contributed by atoms with Gasteiger partial charge in [0, 0.05) is 24.3 Å². The Bertz CT molecular complexity index is 745. The van der Waals surface area contributed by atoms with Crippen molar-refractivity contribution in [1.29, 1.82) is 0 Å². The number of hydrogen-bond donors (Lipinski definition) is 1. The summed E-state index contributed by atoms with van der Waals surface area (Å²) in [7, 11) is 0. The van der Waals surface area contributed by atoms with Gasteiger partial charge in [0.1, 0.15) is 0 Å². The molecule has 1 N–H and O–H groups in total. The molecule has 0 unspecified atom stereocenters. The summed E-state index contributed by atoms with van der Waals surface area (Å²) in [4.78, 5) is 23.8. The lowest BCUT2D eigenvalue weighted by Gasteiger charge is -2.04. The van der Waals surface area contributed by atoms with Crippen LogP contribution in [-0.2, 0) is 16.1 Å². The minimum atomic E-state index is -0.365. The average Bonchev–Trinajstić information content (AvgIpc) is 3.25. The molecule has 0 saturated heterocycles. The highest BCUT2D eigenvalue weighted by Gasteiger charge is 2.11. The van der Waals surface area contributed by atoms with Gasteiger partial charge in [0.15, 0.2) is 6.61 Å². The van der Waals surface area contributed by atoms with Crippen LogP contribution in [0.5, 0.6) is 0 Å². The topological polar surface area (TPSA) is 103 Å². The van der Waals surface area contributed by atoms with Crippen LogP contribution in [0.15, 0.2) is 39.8 Å². The smallest absolute Gasteiger partial charge is 0.308 e. The zero-order valence-corrected chi connectivity index (χ0v) is 12.8. The van der Waals surface area contributed by atoms with Crippen LogP contribution in [0.2, 0.25) is 0 Å². The molecule has 3 rings (SSSR count). The van der Waals surface area contributed by atoms with Gasteiger partial charge in [-0.1, -0.05) is 5.16 Å². The fourth-order valence-electron chi connectivity index (χ4n) is 1.70. The quantitative estimate of drug-likeness (QED) is 0.657. The SMILES string of the molecule is O=C(CCNc1ncccn1)OCc1noc(-c2ccsc2)n1. The Morgan fingerprint density at radius 1 is 1.35 bits per heavy atom. The third-order valence-corrected chi connectivity index (χ3v) is 3.46. The van der Waals surface area contributed by atoms with Crippen molar-refractivity contribution in [2.75, 3.05) is 11.9 Å². The highest BCUT2D eigenvalue weighted by atomic mass is 32.1. The van der Waals surface area contributed by atoms with E-state index in [-0.39, 0.29) is 19.0 Å². The van der Waals surface area contributed by atoms with E-state index >= 15 is 0 Å². The normalized spacial score (nSPS) is 10.4. The lowest BCUT2D eigenvalue weighted by Crippen LogP contribution is -2.13. The molecule has 0 aliphatic rings. The third-order valence-electron chi connectivity index (χ3n) is 2.78. The lowest BCUT2D eigenvalue weighted by atomic mass is 10.3. The summed E-state index contributed by atoms with van der Waals surface area (Å²) in [5, 5.41) is 10.5. The first-order valence-corrected chi connectivity index (χ1v) is 7.77. The Morgan fingerprint density at radius 3 is 3.00 bits per heavy atom. The Balaban J connectivity index is 1.41. The van der Waals surface area contributed by atoms with E-state index in [2.05, 4.69) is 25.4 Å². The van der Waals surface area contributed by atoms with Gasteiger partial charge in [0.05, 0.1) is 12.0 Å². The highest BCUT2D eigenvalue weighted by Crippen LogP contribution is 2.19. The van der Waals surface area contributed by atoms with Crippen LogP contribution >= 0.6 is 11.3 Å². The molecule has 0 radical (unpaired) electrons. The predicted molar refractivity (Wildman–Crippen MR) is 82.5 cm³/mol. The van der Waals surface area contributed by atoms with Gasteiger partial charge in [-0.15, -0.1) is 0 Å². The van der Waals surface area contributed by atoms with Crippen molar-refractivity contribution in [2.45, 2.75) is 13.0 Å². The van der Waals surface area contributed by atoms with Crippen LogP contribution in [0.3, 0.4) is 0 Å². The monoisotopic (exact) mass is 331 g/mol. The Labute approximate surface area is 135 Å². The molecule has 3 aromatic heterocycles. The van der Waals surface area contributed by atoms with Crippen LogP contribution in [0.4, 0.5) is 5.95 Å². The summed E-state index contributed by atoms with van der Waals surface area (Å²) in [5.41, 5.74) is 0.854. The van der Waals surface area contributed by atoms with Crippen LogP contribution < -0.4 is 5.32 Å². The van der Waals surface area contributed by atoms with E-state index in [1.807, 2.05) is 16.8 Å². The summed E-state index contributed by atoms with van der Waals surface area (Å²) in [6.45, 7) is 0.365.